The van der Waals surface area contributed by atoms with Crippen LogP contribution in [-0.2, 0) is 40.3 Å². The highest BCUT2D eigenvalue weighted by Gasteiger charge is 2.46. The van der Waals surface area contributed by atoms with Crippen molar-refractivity contribution in [1.29, 1.82) is 0 Å². The molecule has 0 spiro atoms. The van der Waals surface area contributed by atoms with E-state index >= 15 is 0 Å². The molecule has 4 aliphatic rings. The number of carboxylic acid groups (broad SMARTS) is 1. The summed E-state index contributed by atoms with van der Waals surface area (Å²) in [5, 5.41) is 31.0. The van der Waals surface area contributed by atoms with E-state index in [2.05, 4.69) is 52.5 Å². The summed E-state index contributed by atoms with van der Waals surface area (Å²) in [5.74, 6) is 5.92. The fourth-order valence-electron chi connectivity index (χ4n) is 11.9. The van der Waals surface area contributed by atoms with E-state index in [1.165, 1.54) is 27.6 Å². The van der Waals surface area contributed by atoms with Gasteiger partial charge in [0.15, 0.2) is 16.0 Å². The van der Waals surface area contributed by atoms with Crippen molar-refractivity contribution in [2.45, 2.75) is 110 Å². The van der Waals surface area contributed by atoms with Gasteiger partial charge in [-0.15, -0.1) is 22.7 Å². The maximum absolute atomic E-state index is 14.2. The number of aromatic carboxylic acids is 1. The fourth-order valence-corrected chi connectivity index (χ4v) is 14.7. The Bertz CT molecular complexity index is 3610. The number of β-amino-alcohol motifs (C(OH)–C–C–N with tert-alkyl or cyclic N) is 1. The number of anilines is 2. The van der Waals surface area contributed by atoms with Crippen LogP contribution < -0.4 is 25.6 Å². The molecule has 0 unspecified atom stereocenters. The number of nitrogens with zero attached hydrogens (tertiary/aromatic N) is 6. The summed E-state index contributed by atoms with van der Waals surface area (Å²) in [5.41, 5.74) is 8.48. The van der Waals surface area contributed by atoms with E-state index < -0.39 is 29.6 Å². The lowest BCUT2D eigenvalue weighted by Crippen LogP contribution is -2.59. The van der Waals surface area contributed by atoms with Crippen LogP contribution in [-0.4, -0.2) is 122 Å². The van der Waals surface area contributed by atoms with Crippen molar-refractivity contribution < 1.29 is 38.9 Å². The van der Waals surface area contributed by atoms with Gasteiger partial charge in [0, 0.05) is 67.0 Å². The highest BCUT2D eigenvalue weighted by molar-refractivity contribution is 7.22. The minimum atomic E-state index is -1.07. The first-order valence-corrected chi connectivity index (χ1v) is 31.8. The Kier molecular flexibility index (Phi) is 18.1. The number of hydrogen-bond acceptors (Lipinski definition) is 15. The average Bonchev–Trinajstić information content (AvgIpc) is 4.35. The normalized spacial score (nSPS) is 19.3. The van der Waals surface area contributed by atoms with Crippen LogP contribution in [0.1, 0.15) is 113 Å². The quantitative estimate of drug-likeness (QED) is 0.0400. The highest BCUT2D eigenvalue weighted by atomic mass is 32.1. The van der Waals surface area contributed by atoms with Crippen LogP contribution in [0.4, 0.5) is 10.3 Å². The van der Waals surface area contributed by atoms with Crippen LogP contribution in [0.3, 0.4) is 0 Å². The van der Waals surface area contributed by atoms with Crippen LogP contribution in [0.25, 0.3) is 20.7 Å². The number of piperidine rings is 1. The Morgan fingerprint density at radius 2 is 1.66 bits per heavy atom. The molecule has 442 valence electrons. The summed E-state index contributed by atoms with van der Waals surface area (Å²) in [4.78, 5) is 88.8. The zero-order valence-electron chi connectivity index (χ0n) is 48.3. The lowest BCUT2D eigenvalue weighted by atomic mass is 9.73. The second-order valence-electron chi connectivity index (χ2n) is 23.9. The van der Waals surface area contributed by atoms with Gasteiger partial charge in [-0.05, 0) is 141 Å². The van der Waals surface area contributed by atoms with Crippen molar-refractivity contribution in [2.75, 3.05) is 49.5 Å². The SMILES string of the molecule is Cc1ncsc1-c1ccc(CNC(=O)[C@@H]2C[C@@H](O)CN2C(=O)[C@@H](NC(=O)C2CC(CN3CCC(C#Cc4ccc(OCCCc5sc(N6CCc7cccc(C(=O)Nc8nc9ccccc9s8)c7C6)nc5C(=O)O)cc4)CC3)C2)C(C)(C)C)cc1. The number of aliphatic hydroxyl groups excluding tert-OH is 1. The first kappa shape index (κ1) is 59.2. The van der Waals surface area contributed by atoms with Crippen LogP contribution in [0.15, 0.2) is 96.5 Å². The van der Waals surface area contributed by atoms with Gasteiger partial charge >= 0.3 is 5.97 Å². The van der Waals surface area contributed by atoms with Crippen LogP contribution in [0.5, 0.6) is 5.75 Å². The maximum Gasteiger partial charge on any atom is 0.355 e. The Morgan fingerprint density at radius 3 is 2.39 bits per heavy atom. The van der Waals surface area contributed by atoms with Gasteiger partial charge in [0.05, 0.1) is 39.0 Å². The van der Waals surface area contributed by atoms with Crippen molar-refractivity contribution >= 4 is 84.1 Å². The number of aliphatic hydroxyl groups is 1. The average molecular weight is 1200 g/mol. The molecule has 4 aromatic carbocycles. The zero-order chi connectivity index (χ0) is 59.4. The van der Waals surface area contributed by atoms with E-state index in [1.807, 2.05) is 124 Å². The fraction of sp³-hybridized carbons (Fsp3) is 0.415. The van der Waals surface area contributed by atoms with Gasteiger partial charge in [0.2, 0.25) is 17.7 Å². The van der Waals surface area contributed by atoms with Gasteiger partial charge in [-0.1, -0.05) is 92.5 Å². The number of rotatable bonds is 18. The van der Waals surface area contributed by atoms with Gasteiger partial charge in [-0.2, -0.15) is 0 Å². The number of fused-ring (bicyclic) bond motifs is 2. The van der Waals surface area contributed by atoms with Gasteiger partial charge in [-0.25, -0.2) is 19.7 Å². The van der Waals surface area contributed by atoms with Crippen molar-refractivity contribution in [3.05, 3.63) is 141 Å². The second kappa shape index (κ2) is 26.0. The number of ether oxygens (including phenoxy) is 1. The molecule has 85 heavy (non-hydrogen) atoms. The molecule has 1 saturated carbocycles. The molecule has 0 radical (unpaired) electrons. The van der Waals surface area contributed by atoms with Crippen molar-refractivity contribution in [1.82, 2.24) is 35.4 Å². The third-order valence-electron chi connectivity index (χ3n) is 16.7. The number of aromatic nitrogens is 3. The Hall–Kier alpha value is -7.54. The minimum Gasteiger partial charge on any atom is -0.494 e. The lowest BCUT2D eigenvalue weighted by molar-refractivity contribution is -0.145. The third-order valence-corrected chi connectivity index (χ3v) is 19.8. The Morgan fingerprint density at radius 1 is 0.882 bits per heavy atom. The molecule has 3 aliphatic heterocycles. The molecule has 7 aromatic rings. The number of nitrogens with one attached hydrogen (secondary N) is 3. The molecular formula is C65H71N9O8S3. The number of para-hydroxylation sites is 1. The molecule has 2 saturated heterocycles. The van der Waals surface area contributed by atoms with E-state index in [0.717, 1.165) is 93.9 Å². The topological polar surface area (TPSA) is 220 Å². The smallest absolute Gasteiger partial charge is 0.355 e. The van der Waals surface area contributed by atoms with Crippen LogP contribution in [0, 0.1) is 41.9 Å². The summed E-state index contributed by atoms with van der Waals surface area (Å²) in [7, 11) is 0. The summed E-state index contributed by atoms with van der Waals surface area (Å²) >= 11 is 4.39. The highest BCUT2D eigenvalue weighted by Crippen LogP contribution is 2.38. The first-order valence-electron chi connectivity index (χ1n) is 29.3. The van der Waals surface area contributed by atoms with Gasteiger partial charge in [0.1, 0.15) is 17.8 Å². The van der Waals surface area contributed by atoms with Crippen LogP contribution >= 0.6 is 34.0 Å². The van der Waals surface area contributed by atoms with E-state index in [4.69, 9.17) is 4.74 Å². The number of likely N-dealkylation sites (tertiary alicyclic amines) is 2. The molecule has 5 N–H and O–H groups in total. The molecule has 1 aliphatic carbocycles. The summed E-state index contributed by atoms with van der Waals surface area (Å²) in [6, 6.07) is 27.5. The van der Waals surface area contributed by atoms with Crippen molar-refractivity contribution in [3.8, 4) is 28.0 Å². The lowest BCUT2D eigenvalue weighted by Gasteiger charge is -2.41. The number of carboxylic acids is 1. The van der Waals surface area contributed by atoms with Crippen LogP contribution in [0.2, 0.25) is 0 Å². The van der Waals surface area contributed by atoms with E-state index in [0.29, 0.717) is 71.3 Å². The molecule has 3 aromatic heterocycles. The predicted molar refractivity (Wildman–Crippen MR) is 332 cm³/mol. The van der Waals surface area contributed by atoms with Crippen molar-refractivity contribution in [3.63, 3.8) is 0 Å². The standard InChI is InChI=1S/C65H71N9O8S3/c1-39-56(83-38-67-39)45-20-16-42(17-21-45)34-66-60(78)52-33-47(75)36-74(52)61(79)57(65(2,3)4)70-58(76)46-31-43(32-46)35-72-27-24-41(25-28-72)15-14-40-18-22-48(23-19-40)82-30-8-13-54-55(62(80)81)69-64(85-54)73-29-26-44-9-7-10-49(50(44)37-73)59(77)71-63-68-51-11-5-6-12-53(51)84-63/h5-7,9-12,16-23,38,41,43,46-47,52,57,75H,8,13,24-37H2,1-4H3,(H,66,78)(H,70,76)(H,80,81)(H,68,71,77)/t43?,46?,47-,52+,57-/m1/s1. The number of benzene rings is 4. The molecule has 6 heterocycles. The Balaban J connectivity index is 0.592. The summed E-state index contributed by atoms with van der Waals surface area (Å²) in [6.07, 6.45) is 4.51. The molecule has 0 bridgehead atoms. The number of carbonyl (C=O) groups is 5. The number of aryl methyl sites for hydroxylation is 2. The maximum atomic E-state index is 14.2. The molecule has 20 heteroatoms. The van der Waals surface area contributed by atoms with E-state index in [-0.39, 0.29) is 60.7 Å². The Labute approximate surface area is 507 Å². The number of carbonyl (C=O) groups excluding carboxylic acids is 4. The predicted octanol–water partition coefficient (Wildman–Crippen LogP) is 9.61. The molecule has 3 fully saturated rings. The second-order valence-corrected chi connectivity index (χ2v) is 26.8. The summed E-state index contributed by atoms with van der Waals surface area (Å²) < 4.78 is 7.08. The molecule has 3 atom stereocenters. The molecule has 4 amide bonds. The van der Waals surface area contributed by atoms with Gasteiger partial charge in [-0.3, -0.25) is 24.5 Å². The monoisotopic (exact) mass is 1200 g/mol. The number of amides is 4. The van der Waals surface area contributed by atoms with Crippen molar-refractivity contribution in [2.24, 2.45) is 23.2 Å². The number of hydrogen-bond donors (Lipinski definition) is 5. The first-order chi connectivity index (χ1) is 41.0. The largest absolute Gasteiger partial charge is 0.494 e. The van der Waals surface area contributed by atoms with Gasteiger partial charge in [0.25, 0.3) is 5.91 Å². The molecule has 11 rings (SSSR count). The van der Waals surface area contributed by atoms with E-state index in [1.54, 1.807) is 11.3 Å². The van der Waals surface area contributed by atoms with E-state index in [9.17, 15) is 34.2 Å². The van der Waals surface area contributed by atoms with Gasteiger partial charge < -0.3 is 40.3 Å². The minimum absolute atomic E-state index is 0.0258. The number of thiazole rings is 3. The zero-order valence-corrected chi connectivity index (χ0v) is 50.7. The third kappa shape index (κ3) is 14.1. The summed E-state index contributed by atoms with van der Waals surface area (Å²) in [6.45, 7) is 12.3. The molecule has 17 nitrogen and oxygen atoms in total. The molecular weight excluding hydrogens is 1130 g/mol.